The maximum Gasteiger partial charge on any atom is 0.239 e. The summed E-state index contributed by atoms with van der Waals surface area (Å²) in [5.41, 5.74) is 2.85. The summed E-state index contributed by atoms with van der Waals surface area (Å²) in [4.78, 5) is 14.4. The molecule has 0 saturated carbocycles. The zero-order valence-electron chi connectivity index (χ0n) is 12.3. The Labute approximate surface area is 121 Å². The molecule has 0 spiro atoms. The predicted molar refractivity (Wildman–Crippen MR) is 80.8 cm³/mol. The van der Waals surface area contributed by atoms with Crippen molar-refractivity contribution in [1.29, 1.82) is 0 Å². The van der Waals surface area contributed by atoms with Crippen LogP contribution in [-0.4, -0.2) is 36.5 Å². The monoisotopic (exact) mass is 272 g/mol. The number of nitrogens with one attached hydrogen (secondary N) is 1. The van der Waals surface area contributed by atoms with Crippen molar-refractivity contribution in [3.8, 4) is 0 Å². The van der Waals surface area contributed by atoms with Gasteiger partial charge in [-0.1, -0.05) is 24.3 Å². The summed E-state index contributed by atoms with van der Waals surface area (Å²) in [5.74, 6) is 0.947. The van der Waals surface area contributed by atoms with E-state index in [4.69, 9.17) is 0 Å². The summed E-state index contributed by atoms with van der Waals surface area (Å²) in [6, 6.07) is 8.75. The molecule has 3 heteroatoms. The maximum absolute atomic E-state index is 12.4. The second kappa shape index (κ2) is 5.96. The lowest BCUT2D eigenvalue weighted by Gasteiger charge is -2.34. The first kappa shape index (κ1) is 13.6. The molecule has 0 aromatic heterocycles. The van der Waals surface area contributed by atoms with Crippen LogP contribution in [0.1, 0.15) is 42.7 Å². The lowest BCUT2D eigenvalue weighted by Crippen LogP contribution is -2.46. The van der Waals surface area contributed by atoms with Gasteiger partial charge in [0, 0.05) is 13.1 Å². The highest BCUT2D eigenvalue weighted by atomic mass is 16.2. The fourth-order valence-electron chi connectivity index (χ4n) is 3.57. The zero-order valence-corrected chi connectivity index (χ0v) is 12.3. The molecule has 1 amide bonds. The Hall–Kier alpha value is -1.35. The number of carbonyl (C=O) groups is 1. The highest BCUT2D eigenvalue weighted by Crippen LogP contribution is 2.30. The van der Waals surface area contributed by atoms with Gasteiger partial charge in [-0.25, -0.2) is 0 Å². The summed E-state index contributed by atoms with van der Waals surface area (Å²) in [5, 5.41) is 3.31. The molecule has 0 aliphatic carbocycles. The highest BCUT2D eigenvalue weighted by Gasteiger charge is 2.30. The number of piperidine rings is 1. The Balaban J connectivity index is 1.59. The minimum absolute atomic E-state index is 0.0880. The SMILES string of the molecule is Cc1ccccc1C1CCN(C(=O)C2CCCN2)CC1. The number of hydrogen-bond acceptors (Lipinski definition) is 2. The number of nitrogens with zero attached hydrogens (tertiary/aromatic N) is 1. The van der Waals surface area contributed by atoms with Gasteiger partial charge in [0.1, 0.15) is 0 Å². The van der Waals surface area contributed by atoms with E-state index in [0.29, 0.717) is 11.8 Å². The summed E-state index contributed by atoms with van der Waals surface area (Å²) in [6.45, 7) is 5.01. The van der Waals surface area contributed by atoms with E-state index in [-0.39, 0.29) is 6.04 Å². The smallest absolute Gasteiger partial charge is 0.239 e. The minimum atomic E-state index is 0.0880. The molecular formula is C17H24N2O. The van der Waals surface area contributed by atoms with Gasteiger partial charge in [0.15, 0.2) is 0 Å². The van der Waals surface area contributed by atoms with E-state index in [1.54, 1.807) is 0 Å². The lowest BCUT2D eigenvalue weighted by molar-refractivity contribution is -0.134. The minimum Gasteiger partial charge on any atom is -0.341 e. The lowest BCUT2D eigenvalue weighted by atomic mass is 9.87. The second-order valence-corrected chi connectivity index (χ2v) is 6.11. The van der Waals surface area contributed by atoms with E-state index in [1.165, 1.54) is 11.1 Å². The van der Waals surface area contributed by atoms with Gasteiger partial charge in [0.25, 0.3) is 0 Å². The van der Waals surface area contributed by atoms with Crippen LogP contribution in [0, 0.1) is 6.92 Å². The molecule has 2 aliphatic rings. The van der Waals surface area contributed by atoms with Crippen LogP contribution in [-0.2, 0) is 4.79 Å². The van der Waals surface area contributed by atoms with E-state index >= 15 is 0 Å². The first-order valence-corrected chi connectivity index (χ1v) is 7.83. The van der Waals surface area contributed by atoms with Crippen LogP contribution >= 0.6 is 0 Å². The van der Waals surface area contributed by atoms with Gasteiger partial charge < -0.3 is 10.2 Å². The third-order valence-electron chi connectivity index (χ3n) is 4.79. The molecule has 3 rings (SSSR count). The molecule has 2 heterocycles. The molecule has 1 N–H and O–H groups in total. The Bertz CT molecular complexity index is 472. The summed E-state index contributed by atoms with van der Waals surface area (Å²) in [7, 11) is 0. The molecule has 0 radical (unpaired) electrons. The van der Waals surface area contributed by atoms with Crippen molar-refractivity contribution in [3.05, 3.63) is 35.4 Å². The molecule has 108 valence electrons. The van der Waals surface area contributed by atoms with Crippen LogP contribution in [0.25, 0.3) is 0 Å². The van der Waals surface area contributed by atoms with Gasteiger partial charge in [-0.05, 0) is 56.2 Å². The quantitative estimate of drug-likeness (QED) is 0.897. The fraction of sp³-hybridized carbons (Fsp3) is 0.588. The molecule has 1 aromatic rings. The van der Waals surface area contributed by atoms with Crippen LogP contribution < -0.4 is 5.32 Å². The topological polar surface area (TPSA) is 32.3 Å². The maximum atomic E-state index is 12.4. The van der Waals surface area contributed by atoms with Crippen molar-refractivity contribution in [2.24, 2.45) is 0 Å². The third-order valence-corrected chi connectivity index (χ3v) is 4.79. The number of benzene rings is 1. The van der Waals surface area contributed by atoms with Crippen LogP contribution in [0.15, 0.2) is 24.3 Å². The van der Waals surface area contributed by atoms with Gasteiger partial charge in [0.05, 0.1) is 6.04 Å². The summed E-state index contributed by atoms with van der Waals surface area (Å²) in [6.07, 6.45) is 4.35. The number of likely N-dealkylation sites (tertiary alicyclic amines) is 1. The van der Waals surface area contributed by atoms with Crippen molar-refractivity contribution in [1.82, 2.24) is 10.2 Å². The normalized spacial score (nSPS) is 24.1. The number of hydrogen-bond donors (Lipinski definition) is 1. The molecule has 3 nitrogen and oxygen atoms in total. The van der Waals surface area contributed by atoms with Crippen molar-refractivity contribution >= 4 is 5.91 Å². The Morgan fingerprint density at radius 1 is 1.20 bits per heavy atom. The second-order valence-electron chi connectivity index (χ2n) is 6.11. The van der Waals surface area contributed by atoms with Gasteiger partial charge in [-0.2, -0.15) is 0 Å². The zero-order chi connectivity index (χ0) is 13.9. The van der Waals surface area contributed by atoms with Crippen LogP contribution in [0.4, 0.5) is 0 Å². The molecular weight excluding hydrogens is 248 g/mol. The van der Waals surface area contributed by atoms with E-state index in [2.05, 4.69) is 41.4 Å². The standard InChI is InChI=1S/C17H24N2O/c1-13-5-2-3-6-15(13)14-8-11-19(12-9-14)17(20)16-7-4-10-18-16/h2-3,5-6,14,16,18H,4,7-12H2,1H3. The van der Waals surface area contributed by atoms with E-state index < -0.39 is 0 Å². The molecule has 1 unspecified atom stereocenters. The predicted octanol–water partition coefficient (Wildman–Crippen LogP) is 2.45. The Morgan fingerprint density at radius 3 is 2.60 bits per heavy atom. The molecule has 2 aliphatic heterocycles. The molecule has 1 aromatic carbocycles. The molecule has 2 saturated heterocycles. The molecule has 0 bridgehead atoms. The Morgan fingerprint density at radius 2 is 1.95 bits per heavy atom. The number of carbonyl (C=O) groups excluding carboxylic acids is 1. The van der Waals surface area contributed by atoms with Crippen molar-refractivity contribution in [2.75, 3.05) is 19.6 Å². The van der Waals surface area contributed by atoms with Crippen molar-refractivity contribution in [3.63, 3.8) is 0 Å². The van der Waals surface area contributed by atoms with Gasteiger partial charge >= 0.3 is 0 Å². The first-order valence-electron chi connectivity index (χ1n) is 7.83. The largest absolute Gasteiger partial charge is 0.341 e. The molecule has 20 heavy (non-hydrogen) atoms. The van der Waals surface area contributed by atoms with Crippen LogP contribution in [0.3, 0.4) is 0 Å². The molecule has 1 atom stereocenters. The summed E-state index contributed by atoms with van der Waals surface area (Å²) >= 11 is 0. The fourth-order valence-corrected chi connectivity index (χ4v) is 3.57. The average Bonchev–Trinajstić information content (AvgIpc) is 3.01. The van der Waals surface area contributed by atoms with E-state index in [1.807, 2.05) is 0 Å². The van der Waals surface area contributed by atoms with E-state index in [9.17, 15) is 4.79 Å². The third kappa shape index (κ3) is 2.73. The van der Waals surface area contributed by atoms with Gasteiger partial charge in [0.2, 0.25) is 5.91 Å². The first-order chi connectivity index (χ1) is 9.75. The number of rotatable bonds is 2. The van der Waals surface area contributed by atoms with Gasteiger partial charge in [-0.3, -0.25) is 4.79 Å². The van der Waals surface area contributed by atoms with Crippen molar-refractivity contribution < 1.29 is 4.79 Å². The average molecular weight is 272 g/mol. The number of aryl methyl sites for hydroxylation is 1. The van der Waals surface area contributed by atoms with E-state index in [0.717, 1.165) is 45.3 Å². The van der Waals surface area contributed by atoms with Crippen molar-refractivity contribution in [2.45, 2.75) is 44.6 Å². The van der Waals surface area contributed by atoms with Crippen LogP contribution in [0.2, 0.25) is 0 Å². The summed E-state index contributed by atoms with van der Waals surface area (Å²) < 4.78 is 0. The Kier molecular flexibility index (Phi) is 4.06. The van der Waals surface area contributed by atoms with Crippen LogP contribution in [0.5, 0.6) is 0 Å². The number of amides is 1. The highest BCUT2D eigenvalue weighted by molar-refractivity contribution is 5.82. The molecule has 2 fully saturated rings. The van der Waals surface area contributed by atoms with Gasteiger partial charge in [-0.15, -0.1) is 0 Å².